The van der Waals surface area contributed by atoms with Gasteiger partial charge < -0.3 is 24.4 Å². The molecule has 5 rings (SSSR count). The lowest BCUT2D eigenvalue weighted by Gasteiger charge is -2.39. The Morgan fingerprint density at radius 3 is 2.41 bits per heavy atom. The number of methoxy groups -OCH3 is 3. The van der Waals surface area contributed by atoms with Crippen molar-refractivity contribution in [3.05, 3.63) is 77.1 Å². The molecule has 5 aromatic rings. The van der Waals surface area contributed by atoms with Crippen LogP contribution in [0, 0.1) is 0 Å². The zero-order valence-electron chi connectivity index (χ0n) is 25.2. The molecular formula is C32H34N6O5S. The molecule has 0 aliphatic carbocycles. The number of benzene rings is 3. The molecule has 0 saturated heterocycles. The Labute approximate surface area is 259 Å². The van der Waals surface area contributed by atoms with Gasteiger partial charge >= 0.3 is 0 Å². The SMILES string of the molecule is CCC(C)(C(=O)Nc1ccc(OC)cc1OC)N(Cc1nc(-c2ccc(OC)cc2)cs1)C(=O)Cn1nnc2ccccc21. The van der Waals surface area contributed by atoms with E-state index in [0.29, 0.717) is 34.1 Å². The van der Waals surface area contributed by atoms with Crippen LogP contribution in [0.5, 0.6) is 17.2 Å². The average molecular weight is 615 g/mol. The number of thiazole rings is 1. The van der Waals surface area contributed by atoms with E-state index in [-0.39, 0.29) is 24.9 Å². The second kappa shape index (κ2) is 13.1. The Bertz CT molecular complexity index is 1770. The Kier molecular flexibility index (Phi) is 9.09. The van der Waals surface area contributed by atoms with Crippen LogP contribution in [-0.2, 0) is 22.7 Å². The smallest absolute Gasteiger partial charge is 0.250 e. The molecule has 44 heavy (non-hydrogen) atoms. The molecule has 1 unspecified atom stereocenters. The molecule has 0 bridgehead atoms. The number of carbonyl (C=O) groups is 2. The summed E-state index contributed by atoms with van der Waals surface area (Å²) in [4.78, 5) is 34.6. The van der Waals surface area contributed by atoms with Crippen LogP contribution in [-0.4, -0.2) is 63.6 Å². The van der Waals surface area contributed by atoms with Gasteiger partial charge in [0.2, 0.25) is 11.8 Å². The Hall–Kier alpha value is -4.97. The molecule has 12 heteroatoms. The minimum atomic E-state index is -1.26. The summed E-state index contributed by atoms with van der Waals surface area (Å²) >= 11 is 1.43. The number of anilines is 1. The third-order valence-electron chi connectivity index (χ3n) is 7.67. The summed E-state index contributed by atoms with van der Waals surface area (Å²) in [6.45, 7) is 3.64. The number of nitrogens with one attached hydrogen (secondary N) is 1. The molecule has 11 nitrogen and oxygen atoms in total. The number of nitrogens with zero attached hydrogens (tertiary/aromatic N) is 5. The highest BCUT2D eigenvalue weighted by Gasteiger charge is 2.42. The molecule has 0 spiro atoms. The zero-order valence-corrected chi connectivity index (χ0v) is 26.1. The lowest BCUT2D eigenvalue weighted by molar-refractivity contribution is -0.146. The first-order chi connectivity index (χ1) is 21.3. The van der Waals surface area contributed by atoms with E-state index < -0.39 is 5.54 Å². The Morgan fingerprint density at radius 1 is 0.977 bits per heavy atom. The molecule has 2 aromatic heterocycles. The Morgan fingerprint density at radius 2 is 1.70 bits per heavy atom. The van der Waals surface area contributed by atoms with Gasteiger partial charge in [-0.15, -0.1) is 16.4 Å². The molecule has 2 heterocycles. The van der Waals surface area contributed by atoms with Crippen LogP contribution in [0.25, 0.3) is 22.3 Å². The number of amides is 2. The number of ether oxygens (including phenoxy) is 3. The van der Waals surface area contributed by atoms with Crippen molar-refractivity contribution in [3.63, 3.8) is 0 Å². The predicted octanol–water partition coefficient (Wildman–Crippen LogP) is 5.42. The number of carbonyl (C=O) groups excluding carboxylic acids is 2. The van der Waals surface area contributed by atoms with Crippen LogP contribution in [0.1, 0.15) is 25.3 Å². The maximum atomic E-state index is 14.2. The maximum Gasteiger partial charge on any atom is 0.250 e. The van der Waals surface area contributed by atoms with E-state index in [1.807, 2.05) is 60.8 Å². The van der Waals surface area contributed by atoms with Gasteiger partial charge in [-0.2, -0.15) is 0 Å². The molecule has 228 valence electrons. The van der Waals surface area contributed by atoms with Crippen LogP contribution in [0.15, 0.2) is 72.1 Å². The van der Waals surface area contributed by atoms with Gasteiger partial charge in [0.05, 0.1) is 44.8 Å². The van der Waals surface area contributed by atoms with Gasteiger partial charge in [-0.05, 0) is 61.9 Å². The highest BCUT2D eigenvalue weighted by Crippen LogP contribution is 2.33. The van der Waals surface area contributed by atoms with E-state index in [1.165, 1.54) is 18.4 Å². The number of hydrogen-bond acceptors (Lipinski definition) is 9. The molecule has 0 saturated carbocycles. The average Bonchev–Trinajstić information content (AvgIpc) is 3.70. The first kappa shape index (κ1) is 30.5. The number of fused-ring (bicyclic) bond motifs is 1. The van der Waals surface area contributed by atoms with Crippen molar-refractivity contribution in [1.29, 1.82) is 0 Å². The predicted molar refractivity (Wildman–Crippen MR) is 169 cm³/mol. The van der Waals surface area contributed by atoms with E-state index in [1.54, 1.807) is 48.9 Å². The third kappa shape index (κ3) is 6.20. The fourth-order valence-electron chi connectivity index (χ4n) is 4.83. The van der Waals surface area contributed by atoms with Gasteiger partial charge in [0.1, 0.15) is 39.9 Å². The topological polar surface area (TPSA) is 121 Å². The second-order valence-corrected chi connectivity index (χ2v) is 11.2. The zero-order chi connectivity index (χ0) is 31.3. The summed E-state index contributed by atoms with van der Waals surface area (Å²) in [6.07, 6.45) is 0.331. The molecule has 0 aliphatic heterocycles. The van der Waals surface area contributed by atoms with Gasteiger partial charge in [-0.1, -0.05) is 24.3 Å². The van der Waals surface area contributed by atoms with Gasteiger partial charge in [0.25, 0.3) is 0 Å². The molecule has 1 N–H and O–H groups in total. The molecule has 0 radical (unpaired) electrons. The number of hydrogen-bond donors (Lipinski definition) is 1. The summed E-state index contributed by atoms with van der Waals surface area (Å²) < 4.78 is 17.6. The normalized spacial score (nSPS) is 12.4. The first-order valence-electron chi connectivity index (χ1n) is 14.0. The maximum absolute atomic E-state index is 14.2. The lowest BCUT2D eigenvalue weighted by atomic mass is 9.94. The largest absolute Gasteiger partial charge is 0.497 e. The van der Waals surface area contributed by atoms with Crippen molar-refractivity contribution >= 4 is 39.9 Å². The van der Waals surface area contributed by atoms with Crippen molar-refractivity contribution in [2.75, 3.05) is 26.6 Å². The minimum absolute atomic E-state index is 0.105. The van der Waals surface area contributed by atoms with Crippen molar-refractivity contribution in [2.45, 2.75) is 38.9 Å². The number of rotatable bonds is 12. The molecule has 2 amide bonds. The standard InChI is InChI=1S/C32H34N6O5S/c1-6-32(2,31(40)34-25-16-15-23(42-4)17-28(25)43-5)37(30(39)19-38-27-10-8-7-9-24(27)35-36-38)18-29-33-26(20-44-29)21-11-13-22(41-3)14-12-21/h7-17,20H,6,18-19H2,1-5H3,(H,34,40). The van der Waals surface area contributed by atoms with Gasteiger partial charge in [0, 0.05) is 17.0 Å². The number of para-hydroxylation sites is 1. The van der Waals surface area contributed by atoms with Crippen molar-refractivity contribution in [1.82, 2.24) is 24.9 Å². The third-order valence-corrected chi connectivity index (χ3v) is 8.50. The van der Waals surface area contributed by atoms with E-state index in [0.717, 1.165) is 22.5 Å². The summed E-state index contributed by atoms with van der Waals surface area (Å²) in [5, 5.41) is 14.0. The molecule has 0 aliphatic rings. The van der Waals surface area contributed by atoms with Gasteiger partial charge in [-0.3, -0.25) is 9.59 Å². The van der Waals surface area contributed by atoms with E-state index in [9.17, 15) is 9.59 Å². The van der Waals surface area contributed by atoms with Crippen molar-refractivity contribution in [2.24, 2.45) is 0 Å². The lowest BCUT2D eigenvalue weighted by Crippen LogP contribution is -2.57. The van der Waals surface area contributed by atoms with Crippen LogP contribution < -0.4 is 19.5 Å². The quantitative estimate of drug-likeness (QED) is 0.198. The van der Waals surface area contributed by atoms with Crippen LogP contribution in [0.4, 0.5) is 5.69 Å². The molecule has 0 fully saturated rings. The molecule has 1 atom stereocenters. The van der Waals surface area contributed by atoms with Gasteiger partial charge in [-0.25, -0.2) is 9.67 Å². The summed E-state index contributed by atoms with van der Waals surface area (Å²) in [5.74, 6) is 1.11. The molecule has 3 aromatic carbocycles. The van der Waals surface area contributed by atoms with Crippen molar-refractivity contribution < 1.29 is 23.8 Å². The van der Waals surface area contributed by atoms with Crippen LogP contribution >= 0.6 is 11.3 Å². The fourth-order valence-corrected chi connectivity index (χ4v) is 5.62. The summed E-state index contributed by atoms with van der Waals surface area (Å²) in [7, 11) is 4.70. The highest BCUT2D eigenvalue weighted by atomic mass is 32.1. The van der Waals surface area contributed by atoms with E-state index in [2.05, 4.69) is 15.6 Å². The monoisotopic (exact) mass is 614 g/mol. The van der Waals surface area contributed by atoms with E-state index in [4.69, 9.17) is 19.2 Å². The summed E-state index contributed by atoms with van der Waals surface area (Å²) in [5.41, 5.74) is 2.30. The number of aromatic nitrogens is 4. The molecular weight excluding hydrogens is 580 g/mol. The first-order valence-corrected chi connectivity index (χ1v) is 14.9. The van der Waals surface area contributed by atoms with Gasteiger partial charge in [0.15, 0.2) is 0 Å². The second-order valence-electron chi connectivity index (χ2n) is 10.2. The fraction of sp³-hybridized carbons (Fsp3) is 0.281. The van der Waals surface area contributed by atoms with E-state index >= 15 is 0 Å². The van der Waals surface area contributed by atoms with Crippen LogP contribution in [0.2, 0.25) is 0 Å². The Balaban J connectivity index is 1.48. The minimum Gasteiger partial charge on any atom is -0.497 e. The van der Waals surface area contributed by atoms with Crippen LogP contribution in [0.3, 0.4) is 0 Å². The van der Waals surface area contributed by atoms with Crippen molar-refractivity contribution in [3.8, 4) is 28.5 Å². The highest BCUT2D eigenvalue weighted by molar-refractivity contribution is 7.09. The summed E-state index contributed by atoms with van der Waals surface area (Å²) in [6, 6.07) is 20.2.